The van der Waals surface area contributed by atoms with Gasteiger partial charge < -0.3 is 9.64 Å². The van der Waals surface area contributed by atoms with Crippen LogP contribution in [-0.4, -0.2) is 26.7 Å². The molecule has 0 aliphatic rings. The molecule has 0 fully saturated rings. The average molecular weight is 354 g/mol. The molecule has 5 heteroatoms. The number of hydrogen-bond donors (Lipinski definition) is 0. The summed E-state index contributed by atoms with van der Waals surface area (Å²) in [6, 6.07) is 5.69. The summed E-state index contributed by atoms with van der Waals surface area (Å²) >= 11 is 8.17. The molecule has 3 nitrogen and oxygen atoms in total. The molecule has 0 aromatic heterocycles. The van der Waals surface area contributed by atoms with Gasteiger partial charge in [0.1, 0.15) is 0 Å². The molecule has 88 valence electrons. The molecule has 0 atom stereocenters. The summed E-state index contributed by atoms with van der Waals surface area (Å²) in [5.41, 5.74) is 1.03. The minimum absolute atomic E-state index is 0.205. The number of carbonyl (C=O) groups is 1. The van der Waals surface area contributed by atoms with Crippen molar-refractivity contribution in [2.75, 3.05) is 25.6 Å². The second-order valence-corrected chi connectivity index (χ2v) is 4.94. The van der Waals surface area contributed by atoms with E-state index in [1.807, 2.05) is 30.1 Å². The SMILES string of the molecule is COC(=O)CCN(C)c1cc(Cl)ccc1I. The van der Waals surface area contributed by atoms with Crippen LogP contribution in [0.15, 0.2) is 18.2 Å². The minimum Gasteiger partial charge on any atom is -0.469 e. The lowest BCUT2D eigenvalue weighted by Gasteiger charge is -2.20. The van der Waals surface area contributed by atoms with Gasteiger partial charge in [-0.1, -0.05) is 11.6 Å². The Balaban J connectivity index is 2.68. The first kappa shape index (κ1) is 13.6. The van der Waals surface area contributed by atoms with E-state index in [2.05, 4.69) is 27.3 Å². The van der Waals surface area contributed by atoms with Crippen molar-refractivity contribution >= 4 is 45.8 Å². The zero-order valence-corrected chi connectivity index (χ0v) is 12.1. The summed E-state index contributed by atoms with van der Waals surface area (Å²) in [5.74, 6) is -0.205. The molecule has 0 aliphatic heterocycles. The van der Waals surface area contributed by atoms with Gasteiger partial charge in [-0.2, -0.15) is 0 Å². The van der Waals surface area contributed by atoms with E-state index >= 15 is 0 Å². The molecule has 0 heterocycles. The molecular formula is C11H13ClINO2. The lowest BCUT2D eigenvalue weighted by Crippen LogP contribution is -2.22. The number of methoxy groups -OCH3 is 1. The fourth-order valence-corrected chi connectivity index (χ4v) is 2.17. The topological polar surface area (TPSA) is 29.5 Å². The second kappa shape index (κ2) is 6.30. The van der Waals surface area contributed by atoms with E-state index in [0.717, 1.165) is 9.26 Å². The van der Waals surface area contributed by atoms with Crippen LogP contribution < -0.4 is 4.90 Å². The highest BCUT2D eigenvalue weighted by molar-refractivity contribution is 14.1. The fourth-order valence-electron chi connectivity index (χ4n) is 1.26. The quantitative estimate of drug-likeness (QED) is 0.616. The highest BCUT2D eigenvalue weighted by Crippen LogP contribution is 2.25. The van der Waals surface area contributed by atoms with Crippen molar-refractivity contribution in [2.24, 2.45) is 0 Å². The van der Waals surface area contributed by atoms with E-state index in [-0.39, 0.29) is 5.97 Å². The van der Waals surface area contributed by atoms with Crippen LogP contribution in [0.5, 0.6) is 0 Å². The van der Waals surface area contributed by atoms with Gasteiger partial charge in [0.05, 0.1) is 19.2 Å². The number of anilines is 1. The molecule has 1 aromatic carbocycles. The van der Waals surface area contributed by atoms with E-state index in [4.69, 9.17) is 11.6 Å². The van der Waals surface area contributed by atoms with Crippen LogP contribution in [0, 0.1) is 3.57 Å². The Kier molecular flexibility index (Phi) is 5.34. The third kappa shape index (κ3) is 3.83. The number of halogens is 2. The predicted molar refractivity (Wildman–Crippen MR) is 74.1 cm³/mol. The molecule has 1 rings (SSSR count). The molecule has 0 saturated heterocycles. The molecule has 0 bridgehead atoms. The first-order chi connectivity index (χ1) is 7.54. The summed E-state index contributed by atoms with van der Waals surface area (Å²) in [4.78, 5) is 13.0. The van der Waals surface area contributed by atoms with Gasteiger partial charge >= 0.3 is 5.97 Å². The minimum atomic E-state index is -0.205. The number of ether oxygens (including phenoxy) is 1. The van der Waals surface area contributed by atoms with Gasteiger partial charge in [0, 0.05) is 22.2 Å². The van der Waals surface area contributed by atoms with Gasteiger partial charge in [-0.25, -0.2) is 0 Å². The van der Waals surface area contributed by atoms with Crippen LogP contribution in [-0.2, 0) is 9.53 Å². The highest BCUT2D eigenvalue weighted by Gasteiger charge is 2.08. The zero-order valence-electron chi connectivity index (χ0n) is 9.17. The average Bonchev–Trinajstić information content (AvgIpc) is 2.28. The van der Waals surface area contributed by atoms with Crippen molar-refractivity contribution in [2.45, 2.75) is 6.42 Å². The lowest BCUT2D eigenvalue weighted by atomic mass is 10.3. The molecule has 0 saturated carbocycles. The number of hydrogen-bond acceptors (Lipinski definition) is 3. The van der Waals surface area contributed by atoms with Crippen LogP contribution in [0.1, 0.15) is 6.42 Å². The normalized spacial score (nSPS) is 10.0. The summed E-state index contributed by atoms with van der Waals surface area (Å²) in [7, 11) is 3.32. The van der Waals surface area contributed by atoms with Crippen LogP contribution >= 0.6 is 34.2 Å². The maximum Gasteiger partial charge on any atom is 0.307 e. The van der Waals surface area contributed by atoms with Gasteiger partial charge in [0.15, 0.2) is 0 Å². The molecule has 0 radical (unpaired) electrons. The van der Waals surface area contributed by atoms with E-state index in [9.17, 15) is 4.79 Å². The Hall–Kier alpha value is -0.490. The van der Waals surface area contributed by atoms with Crippen LogP contribution in [0.25, 0.3) is 0 Å². The number of esters is 1. The Morgan fingerprint density at radius 1 is 1.56 bits per heavy atom. The predicted octanol–water partition coefficient (Wildman–Crippen LogP) is 2.94. The largest absolute Gasteiger partial charge is 0.469 e. The molecule has 0 amide bonds. The Labute approximate surface area is 114 Å². The van der Waals surface area contributed by atoms with Gasteiger partial charge in [-0.15, -0.1) is 0 Å². The maximum absolute atomic E-state index is 11.0. The second-order valence-electron chi connectivity index (χ2n) is 3.34. The Morgan fingerprint density at radius 2 is 2.25 bits per heavy atom. The number of carbonyl (C=O) groups excluding carboxylic acids is 1. The number of nitrogens with zero attached hydrogens (tertiary/aromatic N) is 1. The standard InChI is InChI=1S/C11H13ClINO2/c1-14(6-5-11(15)16-2)10-7-8(12)3-4-9(10)13/h3-4,7H,5-6H2,1-2H3. The first-order valence-corrected chi connectivity index (χ1v) is 6.23. The number of rotatable bonds is 4. The summed E-state index contributed by atoms with van der Waals surface area (Å²) < 4.78 is 5.70. The smallest absolute Gasteiger partial charge is 0.307 e. The van der Waals surface area contributed by atoms with Crippen LogP contribution in [0.3, 0.4) is 0 Å². The monoisotopic (exact) mass is 353 g/mol. The zero-order chi connectivity index (χ0) is 12.1. The van der Waals surface area contributed by atoms with Crippen molar-refractivity contribution in [3.63, 3.8) is 0 Å². The first-order valence-electron chi connectivity index (χ1n) is 4.77. The van der Waals surface area contributed by atoms with Gasteiger partial charge in [0.25, 0.3) is 0 Å². The fraction of sp³-hybridized carbons (Fsp3) is 0.364. The van der Waals surface area contributed by atoms with Gasteiger partial charge in [-0.3, -0.25) is 4.79 Å². The summed E-state index contributed by atoms with van der Waals surface area (Å²) in [6.45, 7) is 0.614. The Morgan fingerprint density at radius 3 is 2.88 bits per heavy atom. The summed E-state index contributed by atoms with van der Waals surface area (Å²) in [6.07, 6.45) is 0.371. The number of benzene rings is 1. The van der Waals surface area contributed by atoms with Gasteiger partial charge in [0.2, 0.25) is 0 Å². The van der Waals surface area contributed by atoms with Crippen LogP contribution in [0.4, 0.5) is 5.69 Å². The van der Waals surface area contributed by atoms with Crippen molar-refractivity contribution in [1.29, 1.82) is 0 Å². The van der Waals surface area contributed by atoms with Crippen molar-refractivity contribution in [3.8, 4) is 0 Å². The van der Waals surface area contributed by atoms with E-state index < -0.39 is 0 Å². The van der Waals surface area contributed by atoms with Crippen molar-refractivity contribution < 1.29 is 9.53 Å². The highest BCUT2D eigenvalue weighted by atomic mass is 127. The van der Waals surface area contributed by atoms with Crippen LogP contribution in [0.2, 0.25) is 5.02 Å². The van der Waals surface area contributed by atoms with E-state index in [0.29, 0.717) is 18.0 Å². The third-order valence-corrected chi connectivity index (χ3v) is 3.35. The van der Waals surface area contributed by atoms with Gasteiger partial charge in [-0.05, 0) is 40.8 Å². The van der Waals surface area contributed by atoms with Crippen molar-refractivity contribution in [1.82, 2.24) is 0 Å². The lowest BCUT2D eigenvalue weighted by molar-refractivity contribution is -0.140. The molecule has 0 spiro atoms. The molecule has 16 heavy (non-hydrogen) atoms. The van der Waals surface area contributed by atoms with E-state index in [1.165, 1.54) is 7.11 Å². The molecule has 0 unspecified atom stereocenters. The molecule has 0 N–H and O–H groups in total. The maximum atomic E-state index is 11.0. The Bertz CT molecular complexity index is 384. The molecular weight excluding hydrogens is 340 g/mol. The summed E-state index contributed by atoms with van der Waals surface area (Å²) in [5, 5.41) is 0.695. The van der Waals surface area contributed by atoms with E-state index in [1.54, 1.807) is 0 Å². The molecule has 0 aliphatic carbocycles. The van der Waals surface area contributed by atoms with Crippen molar-refractivity contribution in [3.05, 3.63) is 26.8 Å². The third-order valence-electron chi connectivity index (χ3n) is 2.20. The molecule has 1 aromatic rings.